The fourth-order valence-electron chi connectivity index (χ4n) is 5.08. The van der Waals surface area contributed by atoms with Crippen molar-refractivity contribution in [1.29, 1.82) is 0 Å². The maximum atomic E-state index is 14.1. The van der Waals surface area contributed by atoms with E-state index < -0.39 is 11.9 Å². The van der Waals surface area contributed by atoms with Gasteiger partial charge in [-0.15, -0.1) is 0 Å². The molecule has 1 N–H and O–H groups in total. The third kappa shape index (κ3) is 6.56. The summed E-state index contributed by atoms with van der Waals surface area (Å²) in [5, 5.41) is 3.24. The summed E-state index contributed by atoms with van der Waals surface area (Å²) >= 11 is 0. The predicted octanol–water partition coefficient (Wildman–Crippen LogP) is 5.84. The van der Waals surface area contributed by atoms with E-state index in [1.807, 2.05) is 24.3 Å². The van der Waals surface area contributed by atoms with E-state index >= 15 is 0 Å². The van der Waals surface area contributed by atoms with Gasteiger partial charge in [0, 0.05) is 24.1 Å². The number of rotatable bonds is 10. The molecule has 3 aromatic rings. The highest BCUT2D eigenvalue weighted by Crippen LogP contribution is 2.36. The lowest BCUT2D eigenvalue weighted by molar-refractivity contribution is -0.123. The van der Waals surface area contributed by atoms with E-state index in [4.69, 9.17) is 9.47 Å². The first-order chi connectivity index (χ1) is 19.0. The smallest absolute Gasteiger partial charge is 0.279 e. The Balaban J connectivity index is 1.84. The zero-order valence-corrected chi connectivity index (χ0v) is 23.2. The topological polar surface area (TPSA) is 93.7 Å². The second-order valence-corrected chi connectivity index (χ2v) is 10.0. The monoisotopic (exact) mass is 530 g/mol. The minimum absolute atomic E-state index is 0.0649. The number of benzene rings is 2. The number of nitrogens with one attached hydrogen (secondary N) is 1. The molecule has 2 atom stereocenters. The molecule has 4 rings (SSSR count). The predicted molar refractivity (Wildman–Crippen MR) is 151 cm³/mol. The molecule has 1 aromatic heterocycles. The third-order valence-electron chi connectivity index (χ3n) is 7.54. The fraction of sp³-hybridized carbons (Fsp3) is 0.419. The Bertz CT molecular complexity index is 1240. The van der Waals surface area contributed by atoms with Gasteiger partial charge in [-0.05, 0) is 60.6 Å². The maximum absolute atomic E-state index is 14.1. The van der Waals surface area contributed by atoms with Crippen molar-refractivity contribution in [2.45, 2.75) is 70.4 Å². The summed E-state index contributed by atoms with van der Waals surface area (Å²) in [5.41, 5.74) is 2.52. The quantitative estimate of drug-likeness (QED) is 0.354. The molecule has 206 valence electrons. The van der Waals surface area contributed by atoms with Gasteiger partial charge >= 0.3 is 0 Å². The van der Waals surface area contributed by atoms with Crippen LogP contribution in [0.1, 0.15) is 85.9 Å². The second-order valence-electron chi connectivity index (χ2n) is 10.0. The van der Waals surface area contributed by atoms with E-state index in [2.05, 4.69) is 29.1 Å². The first-order valence-corrected chi connectivity index (χ1v) is 13.7. The van der Waals surface area contributed by atoms with Crippen molar-refractivity contribution in [3.63, 3.8) is 0 Å². The van der Waals surface area contributed by atoms with Crippen LogP contribution in [0.15, 0.2) is 61.1 Å². The summed E-state index contributed by atoms with van der Waals surface area (Å²) in [6.07, 6.45) is 10.6. The minimum Gasteiger partial charge on any atom is -0.493 e. The van der Waals surface area contributed by atoms with Crippen LogP contribution >= 0.6 is 0 Å². The van der Waals surface area contributed by atoms with Crippen LogP contribution in [-0.4, -0.2) is 42.0 Å². The van der Waals surface area contributed by atoms with Gasteiger partial charge in [-0.1, -0.05) is 51.3 Å². The van der Waals surface area contributed by atoms with Gasteiger partial charge in [-0.25, -0.2) is 4.98 Å². The van der Waals surface area contributed by atoms with E-state index in [9.17, 15) is 9.59 Å². The molecule has 2 aromatic carbocycles. The SMILES string of the molecule is CC[C@@H](C)c1ccc(N(C(=O)c2cnccn2)[C@@H](C(=O)NC2CCCCC2)c2ccc(OC)c(OC)c2)cc1. The van der Waals surface area contributed by atoms with E-state index in [0.717, 1.165) is 32.1 Å². The van der Waals surface area contributed by atoms with Crippen molar-refractivity contribution in [1.82, 2.24) is 15.3 Å². The largest absolute Gasteiger partial charge is 0.493 e. The van der Waals surface area contributed by atoms with Gasteiger partial charge < -0.3 is 14.8 Å². The fourth-order valence-corrected chi connectivity index (χ4v) is 5.08. The maximum Gasteiger partial charge on any atom is 0.279 e. The summed E-state index contributed by atoms with van der Waals surface area (Å²) in [5.74, 6) is 0.719. The minimum atomic E-state index is -0.976. The Morgan fingerprint density at radius 2 is 1.67 bits per heavy atom. The average Bonchev–Trinajstić information content (AvgIpc) is 2.99. The second kappa shape index (κ2) is 13.2. The molecule has 0 saturated heterocycles. The zero-order valence-electron chi connectivity index (χ0n) is 23.2. The number of hydrogen-bond acceptors (Lipinski definition) is 6. The summed E-state index contributed by atoms with van der Waals surface area (Å²) in [4.78, 5) is 38.1. The first-order valence-electron chi connectivity index (χ1n) is 13.7. The normalized spacial score (nSPS) is 15.2. The molecular weight excluding hydrogens is 492 g/mol. The molecule has 0 bridgehead atoms. The molecule has 0 aliphatic heterocycles. The summed E-state index contributed by atoms with van der Waals surface area (Å²) < 4.78 is 11.0. The molecule has 1 saturated carbocycles. The number of hydrogen-bond donors (Lipinski definition) is 1. The summed E-state index contributed by atoms with van der Waals surface area (Å²) in [6.45, 7) is 4.31. The third-order valence-corrected chi connectivity index (χ3v) is 7.54. The Labute approximate surface area is 230 Å². The van der Waals surface area contributed by atoms with E-state index in [0.29, 0.717) is 28.7 Å². The number of methoxy groups -OCH3 is 2. The molecule has 0 unspecified atom stereocenters. The molecular formula is C31H38N4O4. The standard InChI is InChI=1S/C31H38N4O4/c1-5-21(2)22-11-14-25(15-12-22)35(31(37)26-20-32-17-18-33-26)29(30(36)34-24-9-7-6-8-10-24)23-13-16-27(38-3)28(19-23)39-4/h11-21,24,29H,5-10H2,1-4H3,(H,34,36)/t21-,29-/m1/s1. The molecule has 8 heteroatoms. The number of anilines is 1. The molecule has 8 nitrogen and oxygen atoms in total. The van der Waals surface area contributed by atoms with Crippen molar-refractivity contribution in [2.75, 3.05) is 19.1 Å². The lowest BCUT2D eigenvalue weighted by Crippen LogP contribution is -2.47. The lowest BCUT2D eigenvalue weighted by Gasteiger charge is -2.33. The van der Waals surface area contributed by atoms with Gasteiger partial charge in [0.2, 0.25) is 5.91 Å². The van der Waals surface area contributed by atoms with Crippen LogP contribution < -0.4 is 19.7 Å². The van der Waals surface area contributed by atoms with Crippen molar-refractivity contribution >= 4 is 17.5 Å². The molecule has 0 spiro atoms. The van der Waals surface area contributed by atoms with Crippen molar-refractivity contribution in [3.8, 4) is 11.5 Å². The number of carbonyl (C=O) groups is 2. The van der Waals surface area contributed by atoms with Gasteiger partial charge in [0.15, 0.2) is 11.5 Å². The van der Waals surface area contributed by atoms with Crippen LogP contribution in [-0.2, 0) is 4.79 Å². The molecule has 1 fully saturated rings. The van der Waals surface area contributed by atoms with Gasteiger partial charge in [0.05, 0.1) is 20.4 Å². The summed E-state index contributed by atoms with van der Waals surface area (Å²) in [7, 11) is 3.11. The van der Waals surface area contributed by atoms with Crippen molar-refractivity contribution in [3.05, 3.63) is 77.9 Å². The van der Waals surface area contributed by atoms with Gasteiger partial charge in [-0.2, -0.15) is 0 Å². The highest BCUT2D eigenvalue weighted by molar-refractivity contribution is 6.09. The van der Waals surface area contributed by atoms with Gasteiger partial charge in [0.1, 0.15) is 11.7 Å². The van der Waals surface area contributed by atoms with Crippen molar-refractivity contribution < 1.29 is 19.1 Å². The Morgan fingerprint density at radius 1 is 0.974 bits per heavy atom. The molecule has 0 radical (unpaired) electrons. The lowest BCUT2D eigenvalue weighted by atomic mass is 9.94. The number of nitrogens with zero attached hydrogens (tertiary/aromatic N) is 3. The molecule has 1 aliphatic carbocycles. The molecule has 39 heavy (non-hydrogen) atoms. The Morgan fingerprint density at radius 3 is 2.28 bits per heavy atom. The number of aromatic nitrogens is 2. The molecule has 1 heterocycles. The first kappa shape index (κ1) is 28.1. The van der Waals surface area contributed by atoms with E-state index in [-0.39, 0.29) is 17.6 Å². The van der Waals surface area contributed by atoms with E-state index in [1.54, 1.807) is 32.4 Å². The van der Waals surface area contributed by atoms with Gasteiger partial charge in [0.25, 0.3) is 5.91 Å². The van der Waals surface area contributed by atoms with Crippen LogP contribution in [0.3, 0.4) is 0 Å². The summed E-state index contributed by atoms with van der Waals surface area (Å²) in [6, 6.07) is 12.2. The Kier molecular flexibility index (Phi) is 9.52. The highest BCUT2D eigenvalue weighted by Gasteiger charge is 2.36. The van der Waals surface area contributed by atoms with Crippen LogP contribution in [0.25, 0.3) is 0 Å². The zero-order chi connectivity index (χ0) is 27.8. The van der Waals surface area contributed by atoms with Crippen LogP contribution in [0.2, 0.25) is 0 Å². The number of carbonyl (C=O) groups excluding carboxylic acids is 2. The molecule has 2 amide bonds. The van der Waals surface area contributed by atoms with E-state index in [1.165, 1.54) is 35.5 Å². The number of amides is 2. The van der Waals surface area contributed by atoms with Crippen molar-refractivity contribution in [2.24, 2.45) is 0 Å². The molecule has 1 aliphatic rings. The van der Waals surface area contributed by atoms with Crippen LogP contribution in [0, 0.1) is 0 Å². The highest BCUT2D eigenvalue weighted by atomic mass is 16.5. The average molecular weight is 531 g/mol. The van der Waals surface area contributed by atoms with Crippen LogP contribution in [0.5, 0.6) is 11.5 Å². The number of ether oxygens (including phenoxy) is 2. The van der Waals surface area contributed by atoms with Crippen LogP contribution in [0.4, 0.5) is 5.69 Å². The Hall–Kier alpha value is -3.94. The van der Waals surface area contributed by atoms with Gasteiger partial charge in [-0.3, -0.25) is 19.5 Å².